The van der Waals surface area contributed by atoms with Crippen LogP contribution in [0.3, 0.4) is 0 Å². The number of sulfone groups is 1. The van der Waals surface area contributed by atoms with Crippen molar-refractivity contribution in [2.45, 2.75) is 9.79 Å². The second kappa shape index (κ2) is 3.01. The van der Waals surface area contributed by atoms with Crippen LogP contribution in [0.2, 0.25) is 0 Å². The first kappa shape index (κ1) is 10.2. The van der Waals surface area contributed by atoms with Crippen LogP contribution in [0.15, 0.2) is 46.2 Å². The fourth-order valence-electron chi connectivity index (χ4n) is 2.04. The Morgan fingerprint density at radius 1 is 0.765 bits per heavy atom. The number of fused-ring (bicyclic) bond motifs is 3. The van der Waals surface area contributed by atoms with Gasteiger partial charge in [0.05, 0.1) is 9.79 Å². The molecule has 0 fully saturated rings. The number of rotatable bonds is 0. The average Bonchev–Trinajstić information content (AvgIpc) is 2.47. The molecule has 0 saturated carbocycles. The second-order valence-electron chi connectivity index (χ2n) is 3.86. The molecular weight excluding hydrogens is 240 g/mol. The first-order chi connectivity index (χ1) is 8.00. The molecule has 86 valence electrons. The van der Waals surface area contributed by atoms with E-state index in [2.05, 4.69) is 0 Å². The van der Waals surface area contributed by atoms with Gasteiger partial charge in [0.25, 0.3) is 0 Å². The SMILES string of the molecule is O=S1(=O)c2ccc(O)cc2-c2cc(O)ccc21. The zero-order valence-electron chi connectivity index (χ0n) is 8.58. The van der Waals surface area contributed by atoms with Gasteiger partial charge in [-0.2, -0.15) is 0 Å². The number of hydrogen-bond donors (Lipinski definition) is 2. The maximum atomic E-state index is 12.1. The Hall–Kier alpha value is -2.01. The third kappa shape index (κ3) is 1.26. The normalized spacial score (nSPS) is 15.3. The molecule has 0 unspecified atom stereocenters. The van der Waals surface area contributed by atoms with Gasteiger partial charge in [0.1, 0.15) is 11.5 Å². The average molecular weight is 248 g/mol. The smallest absolute Gasteiger partial charge is 0.207 e. The molecule has 2 aromatic carbocycles. The fraction of sp³-hybridized carbons (Fsp3) is 0. The van der Waals surface area contributed by atoms with Gasteiger partial charge in [-0.25, -0.2) is 8.42 Å². The number of phenolic OH excluding ortho intramolecular Hbond substituents is 2. The summed E-state index contributed by atoms with van der Waals surface area (Å²) in [5.41, 5.74) is 0.854. The molecule has 5 heteroatoms. The molecule has 0 saturated heterocycles. The minimum Gasteiger partial charge on any atom is -0.508 e. The van der Waals surface area contributed by atoms with Gasteiger partial charge in [-0.05, 0) is 36.4 Å². The fourth-order valence-corrected chi connectivity index (χ4v) is 3.69. The van der Waals surface area contributed by atoms with Crippen molar-refractivity contribution < 1.29 is 18.6 Å². The third-order valence-electron chi connectivity index (χ3n) is 2.80. The van der Waals surface area contributed by atoms with Crippen molar-refractivity contribution >= 4 is 9.84 Å². The standard InChI is InChI=1S/C12H8O4S/c13-7-1-3-11-9(5-7)10-6-8(14)2-4-12(10)17(11,15)16/h1-6,13-14H. The highest BCUT2D eigenvalue weighted by molar-refractivity contribution is 7.92. The summed E-state index contributed by atoms with van der Waals surface area (Å²) in [4.78, 5) is 0.326. The highest BCUT2D eigenvalue weighted by Gasteiger charge is 2.33. The van der Waals surface area contributed by atoms with Gasteiger partial charge in [-0.3, -0.25) is 0 Å². The zero-order chi connectivity index (χ0) is 12.2. The van der Waals surface area contributed by atoms with Crippen molar-refractivity contribution in [2.75, 3.05) is 0 Å². The molecule has 0 amide bonds. The molecule has 2 N–H and O–H groups in total. The molecule has 1 heterocycles. The zero-order valence-corrected chi connectivity index (χ0v) is 9.40. The van der Waals surface area contributed by atoms with E-state index in [4.69, 9.17) is 0 Å². The van der Waals surface area contributed by atoms with Gasteiger partial charge in [-0.15, -0.1) is 0 Å². The summed E-state index contributed by atoms with van der Waals surface area (Å²) < 4.78 is 24.3. The summed E-state index contributed by atoms with van der Waals surface area (Å²) in [5.74, 6) is -0.00899. The van der Waals surface area contributed by atoms with Crippen LogP contribution in [0, 0.1) is 0 Å². The van der Waals surface area contributed by atoms with Crippen LogP contribution in [0.1, 0.15) is 0 Å². The lowest BCUT2D eigenvalue weighted by molar-refractivity contribution is 0.473. The Balaban J connectivity index is 2.48. The number of aromatic hydroxyl groups is 2. The highest BCUT2D eigenvalue weighted by Crippen LogP contribution is 2.45. The van der Waals surface area contributed by atoms with E-state index in [9.17, 15) is 18.6 Å². The van der Waals surface area contributed by atoms with Crippen LogP contribution in [0.4, 0.5) is 0 Å². The van der Waals surface area contributed by atoms with Gasteiger partial charge in [0.15, 0.2) is 0 Å². The molecule has 0 atom stereocenters. The maximum Gasteiger partial charge on any atom is 0.207 e. The van der Waals surface area contributed by atoms with Gasteiger partial charge in [0.2, 0.25) is 9.84 Å². The highest BCUT2D eigenvalue weighted by atomic mass is 32.2. The molecular formula is C12H8O4S. The van der Waals surface area contributed by atoms with Crippen LogP contribution < -0.4 is 0 Å². The van der Waals surface area contributed by atoms with Crippen molar-refractivity contribution in [2.24, 2.45) is 0 Å². The third-order valence-corrected chi connectivity index (χ3v) is 4.67. The van der Waals surface area contributed by atoms with E-state index >= 15 is 0 Å². The Morgan fingerprint density at radius 3 is 1.59 bits per heavy atom. The minimum absolute atomic E-state index is 0.00450. The maximum absolute atomic E-state index is 12.1. The lowest BCUT2D eigenvalue weighted by Crippen LogP contribution is -1.95. The van der Waals surface area contributed by atoms with Crippen molar-refractivity contribution in [3.63, 3.8) is 0 Å². The summed E-state index contributed by atoms with van der Waals surface area (Å²) in [6.07, 6.45) is 0. The van der Waals surface area contributed by atoms with E-state index in [1.165, 1.54) is 36.4 Å². The molecule has 3 rings (SSSR count). The van der Waals surface area contributed by atoms with Crippen LogP contribution in [0.25, 0.3) is 11.1 Å². The van der Waals surface area contributed by atoms with E-state index < -0.39 is 9.84 Å². The van der Waals surface area contributed by atoms with Crippen molar-refractivity contribution in [3.8, 4) is 22.6 Å². The van der Waals surface area contributed by atoms with Gasteiger partial charge in [0, 0.05) is 11.1 Å². The number of phenols is 2. The summed E-state index contributed by atoms with van der Waals surface area (Å²) in [5, 5.41) is 18.8. The molecule has 0 radical (unpaired) electrons. The van der Waals surface area contributed by atoms with Crippen LogP contribution >= 0.6 is 0 Å². The first-order valence-corrected chi connectivity index (χ1v) is 6.40. The van der Waals surface area contributed by atoms with Crippen molar-refractivity contribution in [1.29, 1.82) is 0 Å². The van der Waals surface area contributed by atoms with Crippen molar-refractivity contribution in [1.82, 2.24) is 0 Å². The molecule has 0 aliphatic carbocycles. The largest absolute Gasteiger partial charge is 0.508 e. The lowest BCUT2D eigenvalue weighted by atomic mass is 10.1. The second-order valence-corrected chi connectivity index (χ2v) is 5.75. The van der Waals surface area contributed by atoms with Gasteiger partial charge >= 0.3 is 0 Å². The van der Waals surface area contributed by atoms with E-state index in [1.807, 2.05) is 0 Å². The quantitative estimate of drug-likeness (QED) is 0.637. The molecule has 0 aromatic heterocycles. The summed E-state index contributed by atoms with van der Waals surface area (Å²) in [6.45, 7) is 0. The Kier molecular flexibility index (Phi) is 1.80. The predicted octanol–water partition coefficient (Wildman–Crippen LogP) is 1.91. The van der Waals surface area contributed by atoms with Gasteiger partial charge in [-0.1, -0.05) is 0 Å². The van der Waals surface area contributed by atoms with E-state index in [0.717, 1.165) is 0 Å². The van der Waals surface area contributed by atoms with E-state index in [1.54, 1.807) is 0 Å². The van der Waals surface area contributed by atoms with Crippen molar-refractivity contribution in [3.05, 3.63) is 36.4 Å². The molecule has 1 aliphatic heterocycles. The van der Waals surface area contributed by atoms with Crippen LogP contribution in [-0.4, -0.2) is 18.6 Å². The predicted molar refractivity (Wildman–Crippen MR) is 60.7 cm³/mol. The number of benzene rings is 2. The Bertz CT molecular complexity index is 675. The molecule has 2 aromatic rings. The molecule has 0 spiro atoms. The molecule has 0 bridgehead atoms. The van der Waals surface area contributed by atoms with Crippen LogP contribution in [-0.2, 0) is 9.84 Å². The molecule has 17 heavy (non-hydrogen) atoms. The molecule has 1 aliphatic rings. The minimum atomic E-state index is -3.52. The topological polar surface area (TPSA) is 74.6 Å². The monoisotopic (exact) mass is 248 g/mol. The van der Waals surface area contributed by atoms with E-state index in [-0.39, 0.29) is 21.3 Å². The lowest BCUT2D eigenvalue weighted by Gasteiger charge is -1.99. The summed E-state index contributed by atoms with van der Waals surface area (Å²) in [6, 6.07) is 8.19. The van der Waals surface area contributed by atoms with Gasteiger partial charge < -0.3 is 10.2 Å². The molecule has 4 nitrogen and oxygen atoms in total. The summed E-state index contributed by atoms with van der Waals surface area (Å²) in [7, 11) is -3.52. The Labute approximate surface area is 97.7 Å². The van der Waals surface area contributed by atoms with E-state index in [0.29, 0.717) is 11.1 Å². The first-order valence-electron chi connectivity index (χ1n) is 4.91. The Morgan fingerprint density at radius 2 is 1.18 bits per heavy atom. The number of hydrogen-bond acceptors (Lipinski definition) is 4. The summed E-state index contributed by atoms with van der Waals surface area (Å²) >= 11 is 0. The van der Waals surface area contributed by atoms with Crippen LogP contribution in [0.5, 0.6) is 11.5 Å².